The summed E-state index contributed by atoms with van der Waals surface area (Å²) in [5, 5.41) is 9.04. The van der Waals surface area contributed by atoms with Gasteiger partial charge >= 0.3 is 5.97 Å². The summed E-state index contributed by atoms with van der Waals surface area (Å²) in [7, 11) is 0. The third-order valence-corrected chi connectivity index (χ3v) is 4.42. The Labute approximate surface area is 117 Å². The summed E-state index contributed by atoms with van der Waals surface area (Å²) in [6.07, 6.45) is 2.56. The van der Waals surface area contributed by atoms with E-state index >= 15 is 0 Å². The van der Waals surface area contributed by atoms with Gasteiger partial charge in [0.25, 0.3) is 0 Å². The molecule has 0 spiro atoms. The van der Waals surface area contributed by atoms with Crippen molar-refractivity contribution in [2.24, 2.45) is 5.73 Å². The number of nitrogens with two attached hydrogens (primary N) is 1. The minimum Gasteiger partial charge on any atom is -0.490 e. The van der Waals surface area contributed by atoms with Crippen molar-refractivity contribution in [3.8, 4) is 5.75 Å². The van der Waals surface area contributed by atoms with Gasteiger partial charge in [-0.05, 0) is 36.3 Å². The fraction of sp³-hybridized carbons (Fsp3) is 0.500. The normalized spacial score (nSPS) is 20.8. The molecule has 1 heterocycles. The van der Waals surface area contributed by atoms with Crippen LogP contribution in [-0.2, 0) is 4.79 Å². The third kappa shape index (κ3) is 3.88. The average molecular weight is 281 g/mol. The van der Waals surface area contributed by atoms with Gasteiger partial charge in [0.15, 0.2) is 0 Å². The monoisotopic (exact) mass is 281 g/mol. The summed E-state index contributed by atoms with van der Waals surface area (Å²) in [5.41, 5.74) is 6.20. The van der Waals surface area contributed by atoms with Crippen LogP contribution in [0.1, 0.15) is 24.3 Å². The minimum absolute atomic E-state index is 0.106. The number of ether oxygens (including phenoxy) is 1. The lowest BCUT2D eigenvalue weighted by Gasteiger charge is -2.23. The summed E-state index contributed by atoms with van der Waals surface area (Å²) in [4.78, 5) is 11.0. The van der Waals surface area contributed by atoms with Crippen LogP contribution >= 0.6 is 11.8 Å². The summed E-state index contributed by atoms with van der Waals surface area (Å²) in [6, 6.07) is 7.24. The molecule has 5 heteroatoms. The Balaban J connectivity index is 1.99. The van der Waals surface area contributed by atoms with Gasteiger partial charge in [-0.2, -0.15) is 11.8 Å². The molecule has 0 aromatic heterocycles. The van der Waals surface area contributed by atoms with Gasteiger partial charge in [0.2, 0.25) is 0 Å². The van der Waals surface area contributed by atoms with Crippen molar-refractivity contribution in [1.82, 2.24) is 0 Å². The van der Waals surface area contributed by atoms with E-state index in [0.29, 0.717) is 0 Å². The molecule has 1 aromatic carbocycles. The van der Waals surface area contributed by atoms with Crippen molar-refractivity contribution in [3.63, 3.8) is 0 Å². The van der Waals surface area contributed by atoms with Crippen LogP contribution in [0.3, 0.4) is 0 Å². The average Bonchev–Trinajstić information content (AvgIpc) is 2.42. The predicted molar refractivity (Wildman–Crippen MR) is 76.8 cm³/mol. The molecule has 0 radical (unpaired) electrons. The van der Waals surface area contributed by atoms with Gasteiger partial charge in [-0.3, -0.25) is 4.79 Å². The largest absolute Gasteiger partial charge is 0.490 e. The van der Waals surface area contributed by atoms with Gasteiger partial charge in [0, 0.05) is 12.3 Å². The van der Waals surface area contributed by atoms with Crippen LogP contribution in [0.2, 0.25) is 0 Å². The predicted octanol–water partition coefficient (Wildman–Crippen LogP) is 2.09. The van der Waals surface area contributed by atoms with Crippen molar-refractivity contribution >= 4 is 17.7 Å². The Bertz CT molecular complexity index is 415. The molecule has 104 valence electrons. The molecule has 4 nitrogen and oxygen atoms in total. The van der Waals surface area contributed by atoms with Crippen LogP contribution in [0.5, 0.6) is 5.75 Å². The maximum Gasteiger partial charge on any atom is 0.312 e. The van der Waals surface area contributed by atoms with Crippen LogP contribution in [-0.4, -0.2) is 35.2 Å². The SMILES string of the molecule is NCC(C(=O)O)c1ccc(OC2CCCSC2)cc1. The maximum absolute atomic E-state index is 11.0. The molecule has 2 atom stereocenters. The molecule has 3 N–H and O–H groups in total. The summed E-state index contributed by atoms with van der Waals surface area (Å²) in [6.45, 7) is 0.106. The van der Waals surface area contributed by atoms with E-state index in [1.54, 1.807) is 12.1 Å². The number of aliphatic carboxylic acids is 1. The number of rotatable bonds is 5. The molecule has 19 heavy (non-hydrogen) atoms. The van der Waals surface area contributed by atoms with Gasteiger partial charge in [-0.1, -0.05) is 12.1 Å². The fourth-order valence-electron chi connectivity index (χ4n) is 2.15. The number of hydrogen-bond donors (Lipinski definition) is 2. The van der Waals surface area contributed by atoms with E-state index in [1.165, 1.54) is 12.2 Å². The smallest absolute Gasteiger partial charge is 0.312 e. The number of carbonyl (C=O) groups is 1. The van der Waals surface area contributed by atoms with Crippen LogP contribution in [0.25, 0.3) is 0 Å². The van der Waals surface area contributed by atoms with Crippen molar-refractivity contribution in [2.75, 3.05) is 18.1 Å². The van der Waals surface area contributed by atoms with Gasteiger partial charge in [0.05, 0.1) is 5.92 Å². The number of carboxylic acid groups (broad SMARTS) is 1. The second kappa shape index (κ2) is 6.82. The molecule has 1 fully saturated rings. The van der Waals surface area contributed by atoms with E-state index in [9.17, 15) is 4.79 Å². The first kappa shape index (κ1) is 14.2. The topological polar surface area (TPSA) is 72.6 Å². The minimum atomic E-state index is -0.889. The first-order valence-electron chi connectivity index (χ1n) is 6.48. The zero-order valence-corrected chi connectivity index (χ0v) is 11.6. The zero-order chi connectivity index (χ0) is 13.7. The highest BCUT2D eigenvalue weighted by Gasteiger charge is 2.18. The molecule has 0 bridgehead atoms. The van der Waals surface area contributed by atoms with E-state index in [0.717, 1.165) is 23.5 Å². The highest BCUT2D eigenvalue weighted by Crippen LogP contribution is 2.24. The molecular weight excluding hydrogens is 262 g/mol. The Morgan fingerprint density at radius 3 is 2.74 bits per heavy atom. The first-order chi connectivity index (χ1) is 9.20. The van der Waals surface area contributed by atoms with Crippen molar-refractivity contribution in [1.29, 1.82) is 0 Å². The molecule has 0 amide bonds. The molecule has 0 saturated carbocycles. The Morgan fingerprint density at radius 2 is 2.21 bits per heavy atom. The number of benzene rings is 1. The molecule has 1 aliphatic heterocycles. The van der Waals surface area contributed by atoms with E-state index in [2.05, 4.69) is 0 Å². The van der Waals surface area contributed by atoms with E-state index in [4.69, 9.17) is 15.6 Å². The summed E-state index contributed by atoms with van der Waals surface area (Å²) >= 11 is 1.92. The van der Waals surface area contributed by atoms with E-state index in [-0.39, 0.29) is 12.6 Å². The molecule has 2 unspecified atom stereocenters. The zero-order valence-electron chi connectivity index (χ0n) is 10.7. The molecular formula is C14H19NO3S. The second-order valence-corrected chi connectivity index (χ2v) is 5.80. The van der Waals surface area contributed by atoms with Crippen molar-refractivity contribution < 1.29 is 14.6 Å². The lowest BCUT2D eigenvalue weighted by molar-refractivity contribution is -0.138. The van der Waals surface area contributed by atoms with Crippen LogP contribution < -0.4 is 10.5 Å². The Morgan fingerprint density at radius 1 is 1.47 bits per heavy atom. The molecule has 1 aromatic rings. The van der Waals surface area contributed by atoms with Crippen molar-refractivity contribution in [2.45, 2.75) is 24.9 Å². The van der Waals surface area contributed by atoms with Crippen LogP contribution in [0.15, 0.2) is 24.3 Å². The first-order valence-corrected chi connectivity index (χ1v) is 7.63. The Kier molecular flexibility index (Phi) is 5.10. The van der Waals surface area contributed by atoms with E-state index < -0.39 is 11.9 Å². The third-order valence-electron chi connectivity index (χ3n) is 3.24. The lowest BCUT2D eigenvalue weighted by atomic mass is 9.99. The van der Waals surface area contributed by atoms with Gasteiger partial charge in [-0.15, -0.1) is 0 Å². The lowest BCUT2D eigenvalue weighted by Crippen LogP contribution is -2.23. The Hall–Kier alpha value is -1.20. The summed E-state index contributed by atoms with van der Waals surface area (Å²) in [5.74, 6) is 1.52. The number of carboxylic acids is 1. The molecule has 1 saturated heterocycles. The quantitative estimate of drug-likeness (QED) is 0.864. The number of hydrogen-bond acceptors (Lipinski definition) is 4. The highest BCUT2D eigenvalue weighted by molar-refractivity contribution is 7.99. The highest BCUT2D eigenvalue weighted by atomic mass is 32.2. The molecule has 2 rings (SSSR count). The van der Waals surface area contributed by atoms with Crippen molar-refractivity contribution in [3.05, 3.63) is 29.8 Å². The fourth-order valence-corrected chi connectivity index (χ4v) is 3.19. The van der Waals surface area contributed by atoms with Crippen LogP contribution in [0.4, 0.5) is 0 Å². The molecule has 0 aliphatic carbocycles. The number of thioether (sulfide) groups is 1. The summed E-state index contributed by atoms with van der Waals surface area (Å²) < 4.78 is 5.88. The van der Waals surface area contributed by atoms with Gasteiger partial charge in [0.1, 0.15) is 11.9 Å². The van der Waals surface area contributed by atoms with Gasteiger partial charge in [-0.25, -0.2) is 0 Å². The van der Waals surface area contributed by atoms with E-state index in [1.807, 2.05) is 23.9 Å². The second-order valence-electron chi connectivity index (χ2n) is 4.65. The van der Waals surface area contributed by atoms with Gasteiger partial charge < -0.3 is 15.6 Å². The standard InChI is InChI=1S/C14H19NO3S/c15-8-13(14(16)17)10-3-5-11(6-4-10)18-12-2-1-7-19-9-12/h3-6,12-13H,1-2,7-9,15H2,(H,16,17). The maximum atomic E-state index is 11.0. The van der Waals surface area contributed by atoms with Crippen LogP contribution in [0, 0.1) is 0 Å². The molecule has 1 aliphatic rings.